The molecule has 7 heteroatoms. The summed E-state index contributed by atoms with van der Waals surface area (Å²) in [5, 5.41) is 18.3. The van der Waals surface area contributed by atoms with Crippen molar-refractivity contribution in [2.24, 2.45) is 0 Å². The van der Waals surface area contributed by atoms with Crippen LogP contribution in [0.15, 0.2) is 23.1 Å². The van der Waals surface area contributed by atoms with Crippen LogP contribution < -0.4 is 10.2 Å². The van der Waals surface area contributed by atoms with E-state index in [0.29, 0.717) is 5.56 Å². The molecule has 0 radical (unpaired) electrons. The van der Waals surface area contributed by atoms with E-state index in [2.05, 4.69) is 4.72 Å². The quantitative estimate of drug-likeness (QED) is 0.673. The second kappa shape index (κ2) is 5.62. The maximum Gasteiger partial charge on any atom is 0.488 e. The molecule has 1 fully saturated rings. The highest BCUT2D eigenvalue weighted by Gasteiger charge is 2.25. The van der Waals surface area contributed by atoms with Crippen molar-refractivity contribution in [1.82, 2.24) is 4.72 Å². The maximum atomic E-state index is 12.3. The Kier molecular flexibility index (Phi) is 4.30. The molecule has 1 aromatic rings. The molecule has 0 atom stereocenters. The van der Waals surface area contributed by atoms with Crippen LogP contribution in [-0.2, 0) is 10.0 Å². The van der Waals surface area contributed by atoms with Crippen LogP contribution in [0.3, 0.4) is 0 Å². The SMILES string of the molecule is Cc1ccc(B(O)O)cc1S(=O)(=O)NC1CCCC1. The number of hydrogen-bond acceptors (Lipinski definition) is 4. The van der Waals surface area contributed by atoms with Crippen LogP contribution in [0.25, 0.3) is 0 Å². The molecular weight excluding hydrogens is 265 g/mol. The van der Waals surface area contributed by atoms with Crippen LogP contribution >= 0.6 is 0 Å². The Morgan fingerprint density at radius 2 is 1.89 bits per heavy atom. The summed E-state index contributed by atoms with van der Waals surface area (Å²) in [5.74, 6) is 0. The van der Waals surface area contributed by atoms with Crippen molar-refractivity contribution >= 4 is 22.6 Å². The molecule has 0 spiro atoms. The second-order valence-corrected chi connectivity index (χ2v) is 6.68. The summed E-state index contributed by atoms with van der Waals surface area (Å²) < 4.78 is 27.3. The Hall–Kier alpha value is -0.885. The first-order valence-corrected chi connectivity index (χ1v) is 7.87. The third-order valence-electron chi connectivity index (χ3n) is 3.48. The molecule has 2 rings (SSSR count). The van der Waals surface area contributed by atoms with E-state index in [4.69, 9.17) is 10.0 Å². The lowest BCUT2D eigenvalue weighted by atomic mass is 9.80. The van der Waals surface area contributed by atoms with E-state index in [9.17, 15) is 8.42 Å². The lowest BCUT2D eigenvalue weighted by molar-refractivity contribution is 0.425. The molecule has 1 aromatic carbocycles. The predicted molar refractivity (Wildman–Crippen MR) is 73.6 cm³/mol. The van der Waals surface area contributed by atoms with Crippen molar-refractivity contribution < 1.29 is 18.5 Å². The topological polar surface area (TPSA) is 86.6 Å². The van der Waals surface area contributed by atoms with Gasteiger partial charge in [0, 0.05) is 6.04 Å². The number of nitrogens with one attached hydrogen (secondary N) is 1. The van der Waals surface area contributed by atoms with E-state index in [1.165, 1.54) is 12.1 Å². The molecule has 19 heavy (non-hydrogen) atoms. The number of sulfonamides is 1. The van der Waals surface area contributed by atoms with Gasteiger partial charge in [-0.25, -0.2) is 13.1 Å². The largest absolute Gasteiger partial charge is 0.488 e. The van der Waals surface area contributed by atoms with Gasteiger partial charge in [0.15, 0.2) is 0 Å². The Labute approximate surface area is 113 Å². The third-order valence-corrected chi connectivity index (χ3v) is 5.14. The van der Waals surface area contributed by atoms with Crippen molar-refractivity contribution in [2.45, 2.75) is 43.5 Å². The van der Waals surface area contributed by atoms with Gasteiger partial charge in [-0.2, -0.15) is 0 Å². The summed E-state index contributed by atoms with van der Waals surface area (Å²) in [5.41, 5.74) is 0.771. The van der Waals surface area contributed by atoms with Gasteiger partial charge in [0.05, 0.1) is 4.90 Å². The van der Waals surface area contributed by atoms with Gasteiger partial charge in [-0.1, -0.05) is 25.0 Å². The van der Waals surface area contributed by atoms with Crippen LogP contribution in [0.1, 0.15) is 31.2 Å². The molecule has 1 saturated carbocycles. The molecule has 104 valence electrons. The number of aryl methyl sites for hydroxylation is 1. The van der Waals surface area contributed by atoms with E-state index >= 15 is 0 Å². The molecule has 0 unspecified atom stereocenters. The highest BCUT2D eigenvalue weighted by molar-refractivity contribution is 7.89. The van der Waals surface area contributed by atoms with Gasteiger partial charge in [0.25, 0.3) is 0 Å². The van der Waals surface area contributed by atoms with Crippen LogP contribution in [0.4, 0.5) is 0 Å². The van der Waals surface area contributed by atoms with Crippen molar-refractivity contribution in [3.8, 4) is 0 Å². The van der Waals surface area contributed by atoms with Gasteiger partial charge >= 0.3 is 7.12 Å². The van der Waals surface area contributed by atoms with Gasteiger partial charge in [-0.05, 0) is 36.9 Å². The van der Waals surface area contributed by atoms with Crippen molar-refractivity contribution in [2.75, 3.05) is 0 Å². The normalized spacial score (nSPS) is 16.8. The monoisotopic (exact) mass is 283 g/mol. The molecule has 5 nitrogen and oxygen atoms in total. The lowest BCUT2D eigenvalue weighted by Crippen LogP contribution is -2.35. The Morgan fingerprint density at radius 1 is 1.26 bits per heavy atom. The van der Waals surface area contributed by atoms with Crippen LogP contribution in [0.5, 0.6) is 0 Å². The Morgan fingerprint density at radius 3 is 2.47 bits per heavy atom. The average molecular weight is 283 g/mol. The summed E-state index contributed by atoms with van der Waals surface area (Å²) >= 11 is 0. The van der Waals surface area contributed by atoms with Crippen molar-refractivity contribution in [1.29, 1.82) is 0 Å². The van der Waals surface area contributed by atoms with Gasteiger partial charge in [0.1, 0.15) is 0 Å². The summed E-state index contributed by atoms with van der Waals surface area (Å²) in [4.78, 5) is 0.116. The molecule has 0 heterocycles. The molecule has 0 aliphatic heterocycles. The zero-order chi connectivity index (χ0) is 14.0. The lowest BCUT2D eigenvalue weighted by Gasteiger charge is -2.15. The maximum absolute atomic E-state index is 12.3. The predicted octanol–water partition coefficient (Wildman–Crippen LogP) is -0.104. The molecular formula is C12H18BNO4S. The van der Waals surface area contributed by atoms with E-state index in [0.717, 1.165) is 25.7 Å². The molecule has 0 aromatic heterocycles. The van der Waals surface area contributed by atoms with Crippen LogP contribution in [0.2, 0.25) is 0 Å². The standard InChI is InChI=1S/C12H18BNO4S/c1-9-6-7-10(13(15)16)8-12(9)19(17,18)14-11-4-2-3-5-11/h6-8,11,14-16H,2-5H2,1H3. The smallest absolute Gasteiger partial charge is 0.423 e. The van der Waals surface area contributed by atoms with Crippen LogP contribution in [0, 0.1) is 6.92 Å². The Bertz CT molecular complexity index is 553. The van der Waals surface area contributed by atoms with Gasteiger partial charge in [0.2, 0.25) is 10.0 Å². The minimum absolute atomic E-state index is 0.00731. The second-order valence-electron chi connectivity index (χ2n) is 5.00. The van der Waals surface area contributed by atoms with E-state index in [-0.39, 0.29) is 16.4 Å². The summed E-state index contributed by atoms with van der Waals surface area (Å²) in [7, 11) is -5.27. The fourth-order valence-corrected chi connectivity index (χ4v) is 3.98. The average Bonchev–Trinajstić information content (AvgIpc) is 2.81. The number of benzene rings is 1. The summed E-state index contributed by atoms with van der Waals surface area (Å²) in [6, 6.07) is 4.40. The highest BCUT2D eigenvalue weighted by Crippen LogP contribution is 2.21. The number of hydrogen-bond donors (Lipinski definition) is 3. The zero-order valence-electron chi connectivity index (χ0n) is 10.8. The summed E-state index contributed by atoms with van der Waals surface area (Å²) in [6.07, 6.45) is 3.81. The third kappa shape index (κ3) is 3.36. The molecule has 1 aliphatic rings. The highest BCUT2D eigenvalue weighted by atomic mass is 32.2. The zero-order valence-corrected chi connectivity index (χ0v) is 11.7. The van der Waals surface area contributed by atoms with Gasteiger partial charge in [-0.3, -0.25) is 0 Å². The van der Waals surface area contributed by atoms with E-state index in [1.807, 2.05) is 0 Å². The minimum Gasteiger partial charge on any atom is -0.423 e. The van der Waals surface area contributed by atoms with Gasteiger partial charge < -0.3 is 10.0 Å². The fourth-order valence-electron chi connectivity index (χ4n) is 2.39. The molecule has 3 N–H and O–H groups in total. The number of rotatable bonds is 4. The van der Waals surface area contributed by atoms with Crippen molar-refractivity contribution in [3.63, 3.8) is 0 Å². The van der Waals surface area contributed by atoms with E-state index in [1.54, 1.807) is 13.0 Å². The first-order valence-electron chi connectivity index (χ1n) is 6.39. The summed E-state index contributed by atoms with van der Waals surface area (Å²) in [6.45, 7) is 1.69. The first kappa shape index (κ1) is 14.5. The van der Waals surface area contributed by atoms with Crippen molar-refractivity contribution in [3.05, 3.63) is 23.8 Å². The minimum atomic E-state index is -3.60. The van der Waals surface area contributed by atoms with Gasteiger partial charge in [-0.15, -0.1) is 0 Å². The first-order chi connectivity index (χ1) is 8.90. The van der Waals surface area contributed by atoms with Crippen LogP contribution in [-0.4, -0.2) is 31.6 Å². The molecule has 0 amide bonds. The molecule has 1 aliphatic carbocycles. The molecule has 0 bridgehead atoms. The van der Waals surface area contributed by atoms with E-state index < -0.39 is 17.1 Å². The molecule has 0 saturated heterocycles. The Balaban J connectivity index is 2.30. The fraction of sp³-hybridized carbons (Fsp3) is 0.500.